The largest absolute Gasteiger partial charge is 0.492 e. The highest BCUT2D eigenvalue weighted by atomic mass is 16.5. The third-order valence-corrected chi connectivity index (χ3v) is 4.60. The van der Waals surface area contributed by atoms with Crippen molar-refractivity contribution in [1.29, 1.82) is 0 Å². The molecular weight excluding hydrogens is 322 g/mol. The van der Waals surface area contributed by atoms with Crippen LogP contribution in [0.2, 0.25) is 0 Å². The molecular formula is C18H25N3O4. The molecule has 136 valence electrons. The molecule has 3 rings (SSSR count). The van der Waals surface area contributed by atoms with Crippen molar-refractivity contribution in [3.63, 3.8) is 0 Å². The van der Waals surface area contributed by atoms with Gasteiger partial charge < -0.3 is 25.4 Å². The van der Waals surface area contributed by atoms with Crippen molar-refractivity contribution in [1.82, 2.24) is 10.2 Å². The molecule has 3 atom stereocenters. The number of carbonyl (C=O) groups is 2. The molecule has 2 heterocycles. The minimum absolute atomic E-state index is 0.0346. The quantitative estimate of drug-likeness (QED) is 0.739. The molecule has 0 radical (unpaired) electrons. The van der Waals surface area contributed by atoms with Gasteiger partial charge in [-0.25, -0.2) is 0 Å². The predicted octanol–water partition coefficient (Wildman–Crippen LogP) is 0.289. The summed E-state index contributed by atoms with van der Waals surface area (Å²) in [5.41, 5.74) is 5.56. The second-order valence-corrected chi connectivity index (χ2v) is 6.47. The number of ether oxygens (including phenoxy) is 2. The van der Waals surface area contributed by atoms with E-state index in [2.05, 4.69) is 5.32 Å². The highest BCUT2D eigenvalue weighted by molar-refractivity contribution is 5.84. The third kappa shape index (κ3) is 4.70. The Kier molecular flexibility index (Phi) is 5.88. The molecule has 0 aliphatic carbocycles. The molecule has 7 nitrogen and oxygen atoms in total. The molecule has 0 spiro atoms. The summed E-state index contributed by atoms with van der Waals surface area (Å²) in [6, 6.07) is 9.33. The number of likely N-dealkylation sites (tertiary alicyclic amines) is 1. The fraction of sp³-hybridized carbons (Fsp3) is 0.556. The summed E-state index contributed by atoms with van der Waals surface area (Å²) in [6.07, 6.45) is 1.33. The molecule has 2 aliphatic rings. The van der Waals surface area contributed by atoms with Gasteiger partial charge in [0, 0.05) is 19.5 Å². The first-order valence-corrected chi connectivity index (χ1v) is 8.77. The number of hydrogen-bond acceptors (Lipinski definition) is 5. The van der Waals surface area contributed by atoms with Gasteiger partial charge in [-0.2, -0.15) is 0 Å². The van der Waals surface area contributed by atoms with E-state index in [-0.39, 0.29) is 24.0 Å². The Hall–Kier alpha value is -2.12. The van der Waals surface area contributed by atoms with Crippen molar-refractivity contribution >= 4 is 11.8 Å². The average Bonchev–Trinajstić information content (AvgIpc) is 3.23. The van der Waals surface area contributed by atoms with Crippen LogP contribution in [0.25, 0.3) is 0 Å². The highest BCUT2D eigenvalue weighted by Gasteiger charge is 2.34. The summed E-state index contributed by atoms with van der Waals surface area (Å²) in [6.45, 7) is 1.88. The van der Waals surface area contributed by atoms with Crippen molar-refractivity contribution < 1.29 is 19.1 Å². The van der Waals surface area contributed by atoms with Gasteiger partial charge >= 0.3 is 0 Å². The summed E-state index contributed by atoms with van der Waals surface area (Å²) in [5.74, 6) is 0.678. The molecule has 0 aromatic heterocycles. The molecule has 7 heteroatoms. The van der Waals surface area contributed by atoms with Crippen LogP contribution < -0.4 is 15.8 Å². The monoisotopic (exact) mass is 347 g/mol. The van der Waals surface area contributed by atoms with Crippen LogP contribution in [0.15, 0.2) is 30.3 Å². The Labute approximate surface area is 147 Å². The van der Waals surface area contributed by atoms with E-state index in [1.165, 1.54) is 0 Å². The smallest absolute Gasteiger partial charge is 0.249 e. The van der Waals surface area contributed by atoms with Crippen molar-refractivity contribution in [2.24, 2.45) is 5.73 Å². The second kappa shape index (κ2) is 8.31. The number of benzene rings is 1. The maximum atomic E-state index is 12.2. The zero-order valence-electron chi connectivity index (χ0n) is 14.2. The van der Waals surface area contributed by atoms with Gasteiger partial charge in [-0.15, -0.1) is 0 Å². The van der Waals surface area contributed by atoms with Crippen LogP contribution in [-0.4, -0.2) is 61.2 Å². The first-order chi connectivity index (χ1) is 12.2. The normalized spacial score (nSPS) is 26.0. The van der Waals surface area contributed by atoms with E-state index >= 15 is 0 Å². The van der Waals surface area contributed by atoms with Gasteiger partial charge in [-0.05, 0) is 25.0 Å². The average molecular weight is 347 g/mol. The fourth-order valence-electron chi connectivity index (χ4n) is 3.24. The third-order valence-electron chi connectivity index (χ3n) is 4.60. The molecule has 0 bridgehead atoms. The Morgan fingerprint density at radius 3 is 2.84 bits per heavy atom. The van der Waals surface area contributed by atoms with Gasteiger partial charge in [0.25, 0.3) is 0 Å². The SMILES string of the molecule is NC[C@H]1CC[C@@H](C(=O)NC2CC(=O)N(CCOc3ccccc3)C2)O1. The number of amides is 2. The van der Waals surface area contributed by atoms with E-state index in [1.807, 2.05) is 30.3 Å². The summed E-state index contributed by atoms with van der Waals surface area (Å²) in [4.78, 5) is 26.1. The highest BCUT2D eigenvalue weighted by Crippen LogP contribution is 2.20. The minimum atomic E-state index is -0.445. The van der Waals surface area contributed by atoms with E-state index in [9.17, 15) is 9.59 Å². The summed E-state index contributed by atoms with van der Waals surface area (Å²) in [7, 11) is 0. The number of carbonyl (C=O) groups excluding carboxylic acids is 2. The maximum absolute atomic E-state index is 12.2. The molecule has 1 aromatic rings. The number of nitrogens with zero attached hydrogens (tertiary/aromatic N) is 1. The second-order valence-electron chi connectivity index (χ2n) is 6.47. The van der Waals surface area contributed by atoms with E-state index in [0.717, 1.165) is 12.2 Å². The van der Waals surface area contributed by atoms with Crippen molar-refractivity contribution in [3.05, 3.63) is 30.3 Å². The van der Waals surface area contributed by atoms with E-state index in [4.69, 9.17) is 15.2 Å². The van der Waals surface area contributed by atoms with Crippen LogP contribution >= 0.6 is 0 Å². The van der Waals surface area contributed by atoms with Gasteiger partial charge in [-0.1, -0.05) is 18.2 Å². The lowest BCUT2D eigenvalue weighted by Crippen LogP contribution is -2.43. The number of nitrogens with one attached hydrogen (secondary N) is 1. The molecule has 1 unspecified atom stereocenters. The predicted molar refractivity (Wildman–Crippen MR) is 92.0 cm³/mol. The van der Waals surface area contributed by atoms with Crippen LogP contribution in [-0.2, 0) is 14.3 Å². The maximum Gasteiger partial charge on any atom is 0.249 e. The lowest BCUT2D eigenvalue weighted by Gasteiger charge is -2.19. The molecule has 2 fully saturated rings. The number of rotatable bonds is 7. The van der Waals surface area contributed by atoms with Crippen molar-refractivity contribution in [3.8, 4) is 5.75 Å². The van der Waals surface area contributed by atoms with Crippen LogP contribution in [0.5, 0.6) is 5.75 Å². The van der Waals surface area contributed by atoms with Gasteiger partial charge in [0.15, 0.2) is 0 Å². The minimum Gasteiger partial charge on any atom is -0.492 e. The number of para-hydroxylation sites is 1. The molecule has 1 aromatic carbocycles. The molecule has 2 aliphatic heterocycles. The van der Waals surface area contributed by atoms with Crippen LogP contribution in [0.1, 0.15) is 19.3 Å². The first kappa shape index (κ1) is 17.7. The molecule has 2 amide bonds. The Balaban J connectivity index is 1.40. The van der Waals surface area contributed by atoms with Crippen LogP contribution in [0.3, 0.4) is 0 Å². The molecule has 3 N–H and O–H groups in total. The summed E-state index contributed by atoms with van der Waals surface area (Å²) in [5, 5.41) is 2.93. The van der Waals surface area contributed by atoms with Crippen molar-refractivity contribution in [2.45, 2.75) is 37.5 Å². The molecule has 0 saturated carbocycles. The number of nitrogens with two attached hydrogens (primary N) is 1. The lowest BCUT2D eigenvalue weighted by atomic mass is 10.1. The van der Waals surface area contributed by atoms with E-state index in [0.29, 0.717) is 39.1 Å². The van der Waals surface area contributed by atoms with Crippen LogP contribution in [0, 0.1) is 0 Å². The van der Waals surface area contributed by atoms with E-state index in [1.54, 1.807) is 4.90 Å². The summed E-state index contributed by atoms with van der Waals surface area (Å²) < 4.78 is 11.2. The zero-order chi connectivity index (χ0) is 17.6. The fourth-order valence-corrected chi connectivity index (χ4v) is 3.24. The standard InChI is InChI=1S/C18H25N3O4/c19-11-15-6-7-16(25-15)18(23)20-13-10-17(22)21(12-13)8-9-24-14-4-2-1-3-5-14/h1-5,13,15-16H,6-12,19H2,(H,20,23)/t13?,15-,16+/m1/s1. The first-order valence-electron chi connectivity index (χ1n) is 8.77. The van der Waals surface area contributed by atoms with Crippen molar-refractivity contribution in [2.75, 3.05) is 26.2 Å². The van der Waals surface area contributed by atoms with Crippen LogP contribution in [0.4, 0.5) is 0 Å². The summed E-state index contributed by atoms with van der Waals surface area (Å²) >= 11 is 0. The number of hydrogen-bond donors (Lipinski definition) is 2. The zero-order valence-corrected chi connectivity index (χ0v) is 14.2. The topological polar surface area (TPSA) is 93.9 Å². The van der Waals surface area contributed by atoms with Gasteiger partial charge in [0.2, 0.25) is 11.8 Å². The Morgan fingerprint density at radius 1 is 1.32 bits per heavy atom. The lowest BCUT2D eigenvalue weighted by molar-refractivity contribution is -0.132. The molecule has 25 heavy (non-hydrogen) atoms. The Morgan fingerprint density at radius 2 is 2.12 bits per heavy atom. The Bertz CT molecular complexity index is 595. The van der Waals surface area contributed by atoms with Gasteiger partial charge in [-0.3, -0.25) is 9.59 Å². The van der Waals surface area contributed by atoms with E-state index < -0.39 is 6.10 Å². The van der Waals surface area contributed by atoms with Gasteiger partial charge in [0.05, 0.1) is 18.7 Å². The molecule has 2 saturated heterocycles. The van der Waals surface area contributed by atoms with Gasteiger partial charge in [0.1, 0.15) is 18.5 Å².